The van der Waals surface area contributed by atoms with Gasteiger partial charge in [-0.25, -0.2) is 9.67 Å². The number of carbonyl (C=O) groups excluding carboxylic acids is 1. The van der Waals surface area contributed by atoms with Crippen LogP contribution in [0.2, 0.25) is 0 Å². The molecule has 4 aromatic rings. The zero-order valence-corrected chi connectivity index (χ0v) is 21.1. The molecule has 0 bridgehead atoms. The van der Waals surface area contributed by atoms with Gasteiger partial charge in [-0.2, -0.15) is 0 Å². The van der Waals surface area contributed by atoms with E-state index in [2.05, 4.69) is 60.3 Å². The zero-order valence-electron chi connectivity index (χ0n) is 20.3. The van der Waals surface area contributed by atoms with E-state index in [1.807, 2.05) is 22.4 Å². The second kappa shape index (κ2) is 9.37. The second-order valence-electron chi connectivity index (χ2n) is 10.3. The van der Waals surface area contributed by atoms with Gasteiger partial charge in [0.2, 0.25) is 5.91 Å². The van der Waals surface area contributed by atoms with Crippen LogP contribution in [-0.4, -0.2) is 48.9 Å². The fourth-order valence-electron chi connectivity index (χ4n) is 4.57. The number of piperidine rings is 1. The molecule has 3 aromatic heterocycles. The van der Waals surface area contributed by atoms with Crippen molar-refractivity contribution >= 4 is 28.4 Å². The van der Waals surface area contributed by atoms with Crippen molar-refractivity contribution in [3.63, 3.8) is 0 Å². The maximum atomic E-state index is 12.8. The van der Waals surface area contributed by atoms with Gasteiger partial charge in [-0.15, -0.1) is 16.4 Å². The van der Waals surface area contributed by atoms with Crippen molar-refractivity contribution in [1.29, 1.82) is 0 Å². The molecule has 0 spiro atoms. The Kier molecular flexibility index (Phi) is 6.27. The number of amides is 1. The van der Waals surface area contributed by atoms with E-state index >= 15 is 0 Å². The summed E-state index contributed by atoms with van der Waals surface area (Å²) < 4.78 is 1.68. The zero-order chi connectivity index (χ0) is 24.6. The standard InChI is InChI=1S/C26H30N6O2S/c1-26(2,3)19-10-8-17(9-11-19)15-32-24-22(29-30-32)25(34)28-23(27-24)18-6-4-12-31(16-18)21(33)14-20-7-5-13-35-20/h5,7-11,13,18H,4,6,12,14-16H2,1-3H3,(H,27,28,34). The van der Waals surface area contributed by atoms with E-state index in [4.69, 9.17) is 4.98 Å². The van der Waals surface area contributed by atoms with Crippen molar-refractivity contribution in [2.45, 2.75) is 57.9 Å². The molecule has 1 aromatic carbocycles. The molecule has 0 radical (unpaired) electrons. The van der Waals surface area contributed by atoms with Gasteiger partial charge in [0.25, 0.3) is 5.56 Å². The number of likely N-dealkylation sites (tertiary alicyclic amines) is 1. The van der Waals surface area contributed by atoms with Gasteiger partial charge in [-0.05, 0) is 40.8 Å². The van der Waals surface area contributed by atoms with Crippen molar-refractivity contribution in [3.05, 3.63) is 74.0 Å². The molecule has 1 saturated heterocycles. The number of hydrogen-bond donors (Lipinski definition) is 1. The van der Waals surface area contributed by atoms with Crippen molar-refractivity contribution < 1.29 is 4.79 Å². The number of aromatic amines is 1. The first kappa shape index (κ1) is 23.4. The Morgan fingerprint density at radius 1 is 1.20 bits per heavy atom. The molecule has 1 amide bonds. The predicted octanol–water partition coefficient (Wildman–Crippen LogP) is 3.87. The number of rotatable bonds is 5. The highest BCUT2D eigenvalue weighted by atomic mass is 32.1. The summed E-state index contributed by atoms with van der Waals surface area (Å²) in [6.07, 6.45) is 2.16. The number of carbonyl (C=O) groups is 1. The van der Waals surface area contributed by atoms with Gasteiger partial charge < -0.3 is 9.88 Å². The van der Waals surface area contributed by atoms with Crippen molar-refractivity contribution in [2.24, 2.45) is 0 Å². The summed E-state index contributed by atoms with van der Waals surface area (Å²) >= 11 is 1.60. The molecule has 1 N–H and O–H groups in total. The van der Waals surface area contributed by atoms with Crippen LogP contribution in [-0.2, 0) is 23.2 Å². The molecule has 1 atom stereocenters. The molecule has 182 valence electrons. The minimum atomic E-state index is -0.290. The first-order valence-electron chi connectivity index (χ1n) is 12.0. The van der Waals surface area contributed by atoms with Crippen LogP contribution in [0, 0.1) is 0 Å². The highest BCUT2D eigenvalue weighted by molar-refractivity contribution is 7.10. The van der Waals surface area contributed by atoms with Crippen LogP contribution in [0.3, 0.4) is 0 Å². The average Bonchev–Trinajstić information content (AvgIpc) is 3.49. The largest absolute Gasteiger partial charge is 0.342 e. The third-order valence-electron chi connectivity index (χ3n) is 6.61. The number of aromatic nitrogens is 5. The summed E-state index contributed by atoms with van der Waals surface area (Å²) in [7, 11) is 0. The lowest BCUT2D eigenvalue weighted by Gasteiger charge is -2.32. The van der Waals surface area contributed by atoms with E-state index in [1.54, 1.807) is 16.0 Å². The van der Waals surface area contributed by atoms with Gasteiger partial charge in [0, 0.05) is 23.9 Å². The fraction of sp³-hybridized carbons (Fsp3) is 0.423. The van der Waals surface area contributed by atoms with Crippen molar-refractivity contribution in [1.82, 2.24) is 29.9 Å². The summed E-state index contributed by atoms with van der Waals surface area (Å²) in [4.78, 5) is 36.3. The third kappa shape index (κ3) is 5.05. The molecular weight excluding hydrogens is 460 g/mol. The Hall–Kier alpha value is -3.33. The number of nitrogens with zero attached hydrogens (tertiary/aromatic N) is 5. The molecule has 0 saturated carbocycles. The van der Waals surface area contributed by atoms with E-state index in [0.717, 1.165) is 29.8 Å². The molecule has 1 unspecified atom stereocenters. The predicted molar refractivity (Wildman–Crippen MR) is 137 cm³/mol. The minimum Gasteiger partial charge on any atom is -0.342 e. The molecule has 1 aliphatic heterocycles. The molecule has 5 rings (SSSR count). The van der Waals surface area contributed by atoms with Gasteiger partial charge in [0.1, 0.15) is 5.82 Å². The number of H-pyrrole nitrogens is 1. The van der Waals surface area contributed by atoms with Gasteiger partial charge in [0.05, 0.1) is 13.0 Å². The fourth-order valence-corrected chi connectivity index (χ4v) is 5.26. The highest BCUT2D eigenvalue weighted by Crippen LogP contribution is 2.26. The van der Waals surface area contributed by atoms with Crippen LogP contribution in [0.15, 0.2) is 46.6 Å². The topological polar surface area (TPSA) is 96.8 Å². The van der Waals surface area contributed by atoms with E-state index < -0.39 is 0 Å². The number of nitrogens with one attached hydrogen (secondary N) is 1. The summed E-state index contributed by atoms with van der Waals surface area (Å²) in [6.45, 7) is 8.32. The quantitative estimate of drug-likeness (QED) is 0.458. The summed E-state index contributed by atoms with van der Waals surface area (Å²) in [5.74, 6) is 0.691. The van der Waals surface area contributed by atoms with Crippen LogP contribution in [0.4, 0.5) is 0 Å². The van der Waals surface area contributed by atoms with Crippen LogP contribution in [0.25, 0.3) is 11.2 Å². The first-order valence-corrected chi connectivity index (χ1v) is 12.9. The van der Waals surface area contributed by atoms with Crippen LogP contribution in [0.1, 0.15) is 61.4 Å². The van der Waals surface area contributed by atoms with Crippen LogP contribution >= 0.6 is 11.3 Å². The molecule has 1 fully saturated rings. The Labute approximate surface area is 208 Å². The summed E-state index contributed by atoms with van der Waals surface area (Å²) in [5, 5.41) is 10.3. The average molecular weight is 491 g/mol. The summed E-state index contributed by atoms with van der Waals surface area (Å²) in [6, 6.07) is 12.4. The van der Waals surface area contributed by atoms with Gasteiger partial charge >= 0.3 is 0 Å². The maximum absolute atomic E-state index is 12.8. The number of thiophene rings is 1. The van der Waals surface area contributed by atoms with Gasteiger partial charge in [-0.3, -0.25) is 9.59 Å². The Morgan fingerprint density at radius 3 is 2.71 bits per heavy atom. The highest BCUT2D eigenvalue weighted by Gasteiger charge is 2.27. The van der Waals surface area contributed by atoms with E-state index in [9.17, 15) is 9.59 Å². The summed E-state index contributed by atoms with van der Waals surface area (Å²) in [5.41, 5.74) is 2.84. The monoisotopic (exact) mass is 490 g/mol. The Morgan fingerprint density at radius 2 is 2.00 bits per heavy atom. The molecular formula is C26H30N6O2S. The molecule has 8 nitrogen and oxygen atoms in total. The second-order valence-corrected chi connectivity index (χ2v) is 11.3. The Balaban J connectivity index is 1.37. The lowest BCUT2D eigenvalue weighted by molar-refractivity contribution is -0.131. The lowest BCUT2D eigenvalue weighted by atomic mass is 9.87. The molecule has 35 heavy (non-hydrogen) atoms. The van der Waals surface area contributed by atoms with Crippen LogP contribution < -0.4 is 5.56 Å². The van der Waals surface area contributed by atoms with Crippen LogP contribution in [0.5, 0.6) is 0 Å². The normalized spacial score (nSPS) is 16.7. The number of benzene rings is 1. The van der Waals surface area contributed by atoms with Crippen molar-refractivity contribution in [3.8, 4) is 0 Å². The third-order valence-corrected chi connectivity index (χ3v) is 7.49. The maximum Gasteiger partial charge on any atom is 0.281 e. The Bertz CT molecular complexity index is 1380. The number of fused-ring (bicyclic) bond motifs is 1. The van der Waals surface area contributed by atoms with Gasteiger partial charge in [0.15, 0.2) is 11.2 Å². The molecule has 0 aliphatic carbocycles. The molecule has 9 heteroatoms. The number of hydrogen-bond acceptors (Lipinski definition) is 6. The van der Waals surface area contributed by atoms with Crippen molar-refractivity contribution in [2.75, 3.05) is 13.1 Å². The van der Waals surface area contributed by atoms with E-state index in [1.165, 1.54) is 5.56 Å². The SMILES string of the molecule is CC(C)(C)c1ccc(Cn2nnc3c(=O)[nH]c(C4CCCN(C(=O)Cc5cccs5)C4)nc32)cc1. The van der Waals surface area contributed by atoms with Gasteiger partial charge in [-0.1, -0.05) is 56.3 Å². The van der Waals surface area contributed by atoms with E-state index in [-0.39, 0.29) is 28.3 Å². The lowest BCUT2D eigenvalue weighted by Crippen LogP contribution is -2.40. The molecule has 4 heterocycles. The smallest absolute Gasteiger partial charge is 0.281 e. The van der Waals surface area contributed by atoms with E-state index in [0.29, 0.717) is 31.0 Å². The minimum absolute atomic E-state index is 0.0254. The first-order chi connectivity index (χ1) is 16.8. The molecule has 1 aliphatic rings.